The van der Waals surface area contributed by atoms with Crippen LogP contribution in [-0.4, -0.2) is 66.4 Å². The second-order valence-electron chi connectivity index (χ2n) is 4.74. The van der Waals surface area contributed by atoms with Crippen LogP contribution in [0.15, 0.2) is 18.3 Å². The molecule has 1 aromatic rings. The number of pyridine rings is 1. The number of hydrogen-bond acceptors (Lipinski definition) is 4. The van der Waals surface area contributed by atoms with Crippen LogP contribution in [0.1, 0.15) is 16.8 Å². The lowest BCUT2D eigenvalue weighted by molar-refractivity contribution is 0.0757. The van der Waals surface area contributed by atoms with E-state index in [-0.39, 0.29) is 5.91 Å². The highest BCUT2D eigenvalue weighted by atomic mass is 35.5. The van der Waals surface area contributed by atoms with Gasteiger partial charge in [0.1, 0.15) is 5.56 Å². The smallest absolute Gasteiger partial charge is 0.259 e. The van der Waals surface area contributed by atoms with Crippen LogP contribution in [0.3, 0.4) is 0 Å². The van der Waals surface area contributed by atoms with Crippen LogP contribution < -0.4 is 4.74 Å². The molecule has 1 fully saturated rings. The van der Waals surface area contributed by atoms with Crippen LogP contribution in [0.5, 0.6) is 5.88 Å². The minimum atomic E-state index is -0.0114. The summed E-state index contributed by atoms with van der Waals surface area (Å²) in [5.41, 5.74) is 0.529. The van der Waals surface area contributed by atoms with E-state index in [0.29, 0.717) is 23.9 Å². The van der Waals surface area contributed by atoms with Crippen molar-refractivity contribution in [1.82, 2.24) is 14.8 Å². The molecule has 0 unspecified atom stereocenters. The Balaban J connectivity index is 2.05. The van der Waals surface area contributed by atoms with Crippen LogP contribution in [0.2, 0.25) is 0 Å². The van der Waals surface area contributed by atoms with Crippen molar-refractivity contribution in [1.29, 1.82) is 0 Å². The molecule has 5 nitrogen and oxygen atoms in total. The summed E-state index contributed by atoms with van der Waals surface area (Å²) in [7, 11) is 1.53. The molecule has 2 rings (SSSR count). The standard InChI is InChI=1S/C14H20ClN3O2/c1-20-13-12(4-2-6-16-13)14(19)18-8-3-7-17(9-5-15)10-11-18/h2,4,6H,3,5,7-11H2,1H3. The van der Waals surface area contributed by atoms with E-state index in [9.17, 15) is 4.79 Å². The molecule has 0 bridgehead atoms. The number of rotatable bonds is 4. The Morgan fingerprint density at radius 3 is 3.00 bits per heavy atom. The molecule has 1 aliphatic heterocycles. The van der Waals surface area contributed by atoms with Gasteiger partial charge in [-0.1, -0.05) is 0 Å². The van der Waals surface area contributed by atoms with Gasteiger partial charge in [0.2, 0.25) is 5.88 Å². The first-order chi connectivity index (χ1) is 9.76. The molecule has 110 valence electrons. The summed E-state index contributed by atoms with van der Waals surface area (Å²) >= 11 is 5.78. The first kappa shape index (κ1) is 15.1. The molecule has 0 N–H and O–H groups in total. The van der Waals surface area contributed by atoms with Crippen molar-refractivity contribution in [2.75, 3.05) is 45.7 Å². The zero-order valence-electron chi connectivity index (χ0n) is 11.7. The number of hydrogen-bond donors (Lipinski definition) is 0. The van der Waals surface area contributed by atoms with E-state index >= 15 is 0 Å². The number of aromatic nitrogens is 1. The van der Waals surface area contributed by atoms with E-state index in [4.69, 9.17) is 16.3 Å². The molecule has 0 aromatic carbocycles. The number of methoxy groups -OCH3 is 1. The van der Waals surface area contributed by atoms with Crippen LogP contribution in [0, 0.1) is 0 Å². The van der Waals surface area contributed by atoms with Gasteiger partial charge < -0.3 is 14.5 Å². The number of nitrogens with zero attached hydrogens (tertiary/aromatic N) is 3. The summed E-state index contributed by atoms with van der Waals surface area (Å²) in [6.45, 7) is 4.20. The van der Waals surface area contributed by atoms with Gasteiger partial charge in [-0.15, -0.1) is 11.6 Å². The Labute approximate surface area is 124 Å². The molecule has 6 heteroatoms. The average Bonchev–Trinajstić information content (AvgIpc) is 2.72. The number of carbonyl (C=O) groups is 1. The molecule has 0 radical (unpaired) electrons. The van der Waals surface area contributed by atoms with Gasteiger partial charge in [-0.25, -0.2) is 4.98 Å². The lowest BCUT2D eigenvalue weighted by Gasteiger charge is -2.22. The van der Waals surface area contributed by atoms with Crippen molar-refractivity contribution >= 4 is 17.5 Å². The molecule has 2 heterocycles. The molecule has 0 saturated carbocycles. The number of halogens is 1. The monoisotopic (exact) mass is 297 g/mol. The van der Waals surface area contributed by atoms with Crippen molar-refractivity contribution in [2.24, 2.45) is 0 Å². The Kier molecular flexibility index (Phi) is 5.61. The Hall–Kier alpha value is -1.33. The summed E-state index contributed by atoms with van der Waals surface area (Å²) < 4.78 is 5.16. The maximum atomic E-state index is 12.6. The first-order valence-corrected chi connectivity index (χ1v) is 7.36. The van der Waals surface area contributed by atoms with Crippen LogP contribution in [-0.2, 0) is 0 Å². The Bertz CT molecular complexity index is 456. The van der Waals surface area contributed by atoms with Crippen LogP contribution >= 0.6 is 11.6 Å². The van der Waals surface area contributed by atoms with Gasteiger partial charge in [0.15, 0.2) is 0 Å². The van der Waals surface area contributed by atoms with Gasteiger partial charge in [0, 0.05) is 38.3 Å². The molecule has 1 aromatic heterocycles. The highest BCUT2D eigenvalue weighted by Crippen LogP contribution is 2.17. The molecule has 20 heavy (non-hydrogen) atoms. The molecule has 0 aliphatic carbocycles. The third kappa shape index (κ3) is 3.61. The van der Waals surface area contributed by atoms with E-state index in [2.05, 4.69) is 9.88 Å². The number of ether oxygens (including phenoxy) is 1. The predicted octanol–water partition coefficient (Wildman–Crippen LogP) is 1.48. The largest absolute Gasteiger partial charge is 0.480 e. The van der Waals surface area contributed by atoms with Gasteiger partial charge in [-0.2, -0.15) is 0 Å². The van der Waals surface area contributed by atoms with Gasteiger partial charge in [0.05, 0.1) is 7.11 Å². The van der Waals surface area contributed by atoms with Crippen molar-refractivity contribution in [2.45, 2.75) is 6.42 Å². The van der Waals surface area contributed by atoms with E-state index < -0.39 is 0 Å². The van der Waals surface area contributed by atoms with E-state index in [1.54, 1.807) is 18.3 Å². The number of alkyl halides is 1. The number of amides is 1. The number of carbonyl (C=O) groups excluding carboxylic acids is 1. The Morgan fingerprint density at radius 2 is 2.25 bits per heavy atom. The first-order valence-electron chi connectivity index (χ1n) is 6.83. The van der Waals surface area contributed by atoms with Gasteiger partial charge in [-0.3, -0.25) is 4.79 Å². The minimum Gasteiger partial charge on any atom is -0.480 e. The third-order valence-corrected chi connectivity index (χ3v) is 3.64. The zero-order valence-corrected chi connectivity index (χ0v) is 12.5. The quantitative estimate of drug-likeness (QED) is 0.790. The molecule has 1 saturated heterocycles. The maximum Gasteiger partial charge on any atom is 0.259 e. The second kappa shape index (κ2) is 7.45. The summed E-state index contributed by atoms with van der Waals surface area (Å²) in [5, 5.41) is 0. The topological polar surface area (TPSA) is 45.7 Å². The van der Waals surface area contributed by atoms with Crippen molar-refractivity contribution < 1.29 is 9.53 Å². The molecular formula is C14H20ClN3O2. The van der Waals surface area contributed by atoms with E-state index in [1.165, 1.54) is 7.11 Å². The van der Waals surface area contributed by atoms with Crippen molar-refractivity contribution in [3.63, 3.8) is 0 Å². The third-order valence-electron chi connectivity index (χ3n) is 3.47. The van der Waals surface area contributed by atoms with Crippen molar-refractivity contribution in [3.8, 4) is 5.88 Å². The van der Waals surface area contributed by atoms with Crippen LogP contribution in [0.25, 0.3) is 0 Å². The lowest BCUT2D eigenvalue weighted by Crippen LogP contribution is -2.35. The summed E-state index contributed by atoms with van der Waals surface area (Å²) in [5.74, 6) is 1.01. The molecular weight excluding hydrogens is 278 g/mol. The van der Waals surface area contributed by atoms with Gasteiger partial charge in [-0.05, 0) is 25.1 Å². The van der Waals surface area contributed by atoms with Gasteiger partial charge in [0.25, 0.3) is 5.91 Å². The fourth-order valence-corrected chi connectivity index (χ4v) is 2.64. The molecule has 1 amide bonds. The molecule has 0 atom stereocenters. The zero-order chi connectivity index (χ0) is 14.4. The van der Waals surface area contributed by atoms with Crippen LogP contribution in [0.4, 0.5) is 0 Å². The van der Waals surface area contributed by atoms with Gasteiger partial charge >= 0.3 is 0 Å². The molecule has 0 spiro atoms. The van der Waals surface area contributed by atoms with E-state index in [1.807, 2.05) is 4.90 Å². The summed E-state index contributed by atoms with van der Waals surface area (Å²) in [4.78, 5) is 20.8. The SMILES string of the molecule is COc1ncccc1C(=O)N1CCCN(CCCl)CC1. The highest BCUT2D eigenvalue weighted by Gasteiger charge is 2.22. The average molecular weight is 298 g/mol. The normalized spacial score (nSPS) is 16.8. The fourth-order valence-electron chi connectivity index (χ4n) is 2.40. The fraction of sp³-hybridized carbons (Fsp3) is 0.571. The summed E-state index contributed by atoms with van der Waals surface area (Å²) in [6.07, 6.45) is 2.59. The predicted molar refractivity (Wildman–Crippen MR) is 78.5 cm³/mol. The maximum absolute atomic E-state index is 12.6. The second-order valence-corrected chi connectivity index (χ2v) is 5.11. The van der Waals surface area contributed by atoms with E-state index in [0.717, 1.165) is 32.6 Å². The minimum absolute atomic E-state index is 0.0114. The van der Waals surface area contributed by atoms with Crippen molar-refractivity contribution in [3.05, 3.63) is 23.9 Å². The Morgan fingerprint density at radius 1 is 1.40 bits per heavy atom. The summed E-state index contributed by atoms with van der Waals surface area (Å²) in [6, 6.07) is 3.52. The lowest BCUT2D eigenvalue weighted by atomic mass is 10.2. The highest BCUT2D eigenvalue weighted by molar-refractivity contribution is 6.18. The molecule has 1 aliphatic rings.